The topological polar surface area (TPSA) is 173 Å². The van der Waals surface area contributed by atoms with Crippen molar-refractivity contribution in [1.29, 1.82) is 0 Å². The first-order valence-corrected chi connectivity index (χ1v) is 14.7. The van der Waals surface area contributed by atoms with Crippen molar-refractivity contribution in [2.24, 2.45) is 0 Å². The van der Waals surface area contributed by atoms with Gasteiger partial charge in [0.1, 0.15) is 29.8 Å². The molecule has 0 unspecified atom stereocenters. The summed E-state index contributed by atoms with van der Waals surface area (Å²) in [5, 5.41) is 5.70. The zero-order valence-electron chi connectivity index (χ0n) is 23.4. The molecular weight excluding hydrogens is 513 g/mol. The number of hydrogen-bond acceptors (Lipinski definition) is 10. The number of nitrogens with one attached hydrogen (secondary N) is 2. The molecule has 13 nitrogen and oxygen atoms in total. The number of fused-ring (bicyclic) bond motifs is 1. The second-order valence-electron chi connectivity index (χ2n) is 10.1. The number of esters is 2. The van der Waals surface area contributed by atoms with Crippen LogP contribution in [0.2, 0.25) is 0 Å². The van der Waals surface area contributed by atoms with Crippen molar-refractivity contribution >= 4 is 36.4 Å². The number of ether oxygens (including phenoxy) is 3. The van der Waals surface area contributed by atoms with E-state index in [1.165, 1.54) is 6.33 Å². The molecule has 0 aliphatic carbocycles. The summed E-state index contributed by atoms with van der Waals surface area (Å²) in [5.41, 5.74) is 5.56. The van der Waals surface area contributed by atoms with Gasteiger partial charge in [0, 0.05) is 0 Å². The Labute approximate surface area is 224 Å². The molecule has 2 aromatic heterocycles. The minimum atomic E-state index is -3.69. The van der Waals surface area contributed by atoms with Crippen molar-refractivity contribution < 1.29 is 28.4 Å². The van der Waals surface area contributed by atoms with E-state index >= 15 is 0 Å². The third kappa shape index (κ3) is 9.30. The van der Waals surface area contributed by atoms with Gasteiger partial charge in [-0.05, 0) is 48.0 Å². The lowest BCUT2D eigenvalue weighted by Gasteiger charge is -2.32. The number of aromatic nitrogens is 4. The molecule has 2 aromatic rings. The highest BCUT2D eigenvalue weighted by molar-refractivity contribution is 7.59. The fraction of sp³-hybridized carbons (Fsp3) is 0.708. The smallest absolute Gasteiger partial charge is 0.326 e. The third-order valence-electron chi connectivity index (χ3n) is 5.48. The number of carbonyl (C=O) groups is 2. The average Bonchev–Trinajstić information content (AvgIpc) is 3.23. The molecule has 2 heterocycles. The lowest BCUT2D eigenvalue weighted by Crippen LogP contribution is -2.50. The minimum absolute atomic E-state index is 0.270. The number of nitrogens with two attached hydrogens (primary N) is 1. The van der Waals surface area contributed by atoms with Crippen molar-refractivity contribution in [3.05, 3.63) is 12.7 Å². The Morgan fingerprint density at radius 2 is 1.87 bits per heavy atom. The number of unbranched alkanes of at least 4 members (excludes halogenated alkanes) is 2. The van der Waals surface area contributed by atoms with Crippen LogP contribution in [0, 0.1) is 0 Å². The maximum atomic E-state index is 14.1. The van der Waals surface area contributed by atoms with Gasteiger partial charge >= 0.3 is 11.9 Å². The lowest BCUT2D eigenvalue weighted by molar-refractivity contribution is -0.149. The van der Waals surface area contributed by atoms with Gasteiger partial charge in [0.05, 0.1) is 31.7 Å². The van der Waals surface area contributed by atoms with Gasteiger partial charge in [0.2, 0.25) is 7.44 Å². The molecule has 0 aliphatic heterocycles. The van der Waals surface area contributed by atoms with Gasteiger partial charge in [-0.1, -0.05) is 19.8 Å². The molecular formula is C24H42N7O6P. The van der Waals surface area contributed by atoms with Gasteiger partial charge in [-0.2, -0.15) is 0 Å². The number of imidazole rings is 1. The maximum Gasteiger partial charge on any atom is 0.326 e. The number of nitrogen functional groups attached to an aromatic ring is 1. The molecule has 214 valence electrons. The van der Waals surface area contributed by atoms with E-state index in [0.717, 1.165) is 19.3 Å². The first-order valence-electron chi connectivity index (χ1n) is 12.8. The summed E-state index contributed by atoms with van der Waals surface area (Å²) in [6, 6.07) is -0.928. The highest BCUT2D eigenvalue weighted by atomic mass is 31.2. The molecule has 0 saturated carbocycles. The molecule has 0 fully saturated rings. The molecule has 14 heteroatoms. The summed E-state index contributed by atoms with van der Waals surface area (Å²) in [5.74, 6) is -0.855. The van der Waals surface area contributed by atoms with E-state index < -0.39 is 37.1 Å². The van der Waals surface area contributed by atoms with E-state index in [-0.39, 0.29) is 24.9 Å². The molecule has 0 spiro atoms. The van der Waals surface area contributed by atoms with Gasteiger partial charge in [-0.3, -0.25) is 14.2 Å². The van der Waals surface area contributed by atoms with Crippen LogP contribution in [-0.4, -0.2) is 68.2 Å². The van der Waals surface area contributed by atoms with Crippen molar-refractivity contribution in [2.45, 2.75) is 98.1 Å². The number of hydrogen-bond donors (Lipinski definition) is 3. The van der Waals surface area contributed by atoms with Crippen LogP contribution in [0.15, 0.2) is 12.7 Å². The van der Waals surface area contributed by atoms with Gasteiger partial charge in [-0.25, -0.2) is 25.1 Å². The van der Waals surface area contributed by atoms with Crippen LogP contribution in [0.3, 0.4) is 0 Å². The lowest BCUT2D eigenvalue weighted by atomic mass is 10.1. The Balaban J connectivity index is 2.14. The van der Waals surface area contributed by atoms with E-state index in [0.29, 0.717) is 17.7 Å². The van der Waals surface area contributed by atoms with Crippen LogP contribution in [-0.2, 0) is 34.9 Å². The quantitative estimate of drug-likeness (QED) is 0.157. The van der Waals surface area contributed by atoms with E-state index in [1.807, 2.05) is 0 Å². The van der Waals surface area contributed by atoms with Gasteiger partial charge in [-0.15, -0.1) is 0 Å². The minimum Gasteiger partial charge on any atom is -0.464 e. The summed E-state index contributed by atoms with van der Waals surface area (Å²) in [4.78, 5) is 37.6. The predicted molar refractivity (Wildman–Crippen MR) is 144 cm³/mol. The third-order valence-corrected chi connectivity index (χ3v) is 7.72. The van der Waals surface area contributed by atoms with Crippen LogP contribution in [0.25, 0.3) is 11.2 Å². The van der Waals surface area contributed by atoms with Crippen LogP contribution < -0.4 is 15.9 Å². The Morgan fingerprint density at radius 1 is 1.16 bits per heavy atom. The zero-order chi connectivity index (χ0) is 28.5. The van der Waals surface area contributed by atoms with Crippen molar-refractivity contribution in [3.63, 3.8) is 0 Å². The normalized spacial score (nSPS) is 15.3. The van der Waals surface area contributed by atoms with Gasteiger partial charge in [0.25, 0.3) is 0 Å². The number of anilines is 1. The SMILES string of the molecule is CCCCCOC(=O)C(C)(C)N[P@@](=O)(CO[C@H](C)Cn1cnc2c(N)ncnc21)N[C@H](C)C(=O)OC(C)C. The highest BCUT2D eigenvalue weighted by Crippen LogP contribution is 2.40. The molecule has 3 atom stereocenters. The van der Waals surface area contributed by atoms with Gasteiger partial charge < -0.3 is 24.5 Å². The van der Waals surface area contributed by atoms with E-state index in [4.69, 9.17) is 19.9 Å². The Morgan fingerprint density at radius 3 is 2.53 bits per heavy atom. The van der Waals surface area contributed by atoms with Crippen LogP contribution in [0.4, 0.5) is 5.82 Å². The number of nitrogens with zero attached hydrogens (tertiary/aromatic N) is 4. The molecule has 0 aliphatic rings. The van der Waals surface area contributed by atoms with Gasteiger partial charge in [0.15, 0.2) is 11.5 Å². The van der Waals surface area contributed by atoms with E-state index in [9.17, 15) is 14.2 Å². The monoisotopic (exact) mass is 555 g/mol. The summed E-state index contributed by atoms with van der Waals surface area (Å²) in [6.07, 6.45) is 4.50. The summed E-state index contributed by atoms with van der Waals surface area (Å²) in [7, 11) is -3.69. The second-order valence-corrected chi connectivity index (χ2v) is 12.3. The molecule has 0 aromatic carbocycles. The number of carbonyl (C=O) groups excluding carboxylic acids is 2. The standard InChI is InChI=1S/C24H42N7O6P/c1-8-9-10-11-35-23(33)24(6,7)30-38(34,29-18(5)22(32)37-16(2)3)15-36-17(4)12-31-14-28-19-20(25)26-13-27-21(19)31/h13-14,16-18H,8-12,15H2,1-7H3,(H2,25,26,27)(H2,29,30,34)/t17-,18-,38-/m1/s1. The molecule has 38 heavy (non-hydrogen) atoms. The first-order chi connectivity index (χ1) is 17.8. The zero-order valence-corrected chi connectivity index (χ0v) is 24.3. The predicted octanol–water partition coefficient (Wildman–Crippen LogP) is 3.00. The summed E-state index contributed by atoms with van der Waals surface area (Å²) >= 11 is 0. The van der Waals surface area contributed by atoms with Crippen LogP contribution >= 0.6 is 7.44 Å². The molecule has 0 bridgehead atoms. The van der Waals surface area contributed by atoms with Crippen molar-refractivity contribution in [2.75, 3.05) is 18.7 Å². The summed E-state index contributed by atoms with van der Waals surface area (Å²) < 4.78 is 32.4. The summed E-state index contributed by atoms with van der Waals surface area (Å²) in [6.45, 7) is 12.6. The molecule has 4 N–H and O–H groups in total. The number of rotatable bonds is 16. The molecule has 0 saturated heterocycles. The maximum absolute atomic E-state index is 14.1. The van der Waals surface area contributed by atoms with Crippen LogP contribution in [0.5, 0.6) is 0 Å². The van der Waals surface area contributed by atoms with E-state index in [1.54, 1.807) is 52.4 Å². The Bertz CT molecular complexity index is 1120. The fourth-order valence-electron chi connectivity index (χ4n) is 3.59. The molecule has 0 amide bonds. The Kier molecular flexibility index (Phi) is 11.6. The second kappa shape index (κ2) is 14.0. The fourth-order valence-corrected chi connectivity index (χ4v) is 5.98. The average molecular weight is 556 g/mol. The largest absolute Gasteiger partial charge is 0.464 e. The Hall–Kier alpha value is -2.60. The van der Waals surface area contributed by atoms with E-state index in [2.05, 4.69) is 32.1 Å². The first kappa shape index (κ1) is 31.6. The van der Waals surface area contributed by atoms with Crippen molar-refractivity contribution in [1.82, 2.24) is 29.7 Å². The highest BCUT2D eigenvalue weighted by Gasteiger charge is 2.39. The van der Waals surface area contributed by atoms with Crippen molar-refractivity contribution in [3.8, 4) is 0 Å². The molecule has 0 radical (unpaired) electrons. The van der Waals surface area contributed by atoms with Crippen LogP contribution in [0.1, 0.15) is 67.7 Å². The molecule has 2 rings (SSSR count).